The molecule has 19 heavy (non-hydrogen) atoms. The highest BCUT2D eigenvalue weighted by Crippen LogP contribution is 2.35. The molecular weight excluding hydrogens is 269 g/mol. The lowest BCUT2D eigenvalue weighted by molar-refractivity contribution is 0.436. The Kier molecular flexibility index (Phi) is 3.05. The normalized spacial score (nSPS) is 10.8. The standard InChI is InChI=1S/C12H6F5NO/c13-5-3-9(19)8(18)1-4(5)10-6(14)2-7(15)11(16)12(10)17/h1-3,19H,18H2. The van der Waals surface area contributed by atoms with Crippen LogP contribution in [0.25, 0.3) is 11.1 Å². The third-order valence-corrected chi connectivity index (χ3v) is 2.50. The van der Waals surface area contributed by atoms with Crippen molar-refractivity contribution >= 4 is 5.69 Å². The van der Waals surface area contributed by atoms with Gasteiger partial charge in [-0.3, -0.25) is 0 Å². The van der Waals surface area contributed by atoms with E-state index in [0.29, 0.717) is 6.07 Å². The highest BCUT2D eigenvalue weighted by molar-refractivity contribution is 5.72. The molecule has 0 atom stereocenters. The lowest BCUT2D eigenvalue weighted by Crippen LogP contribution is -2.01. The minimum absolute atomic E-state index is 0.0935. The Morgan fingerprint density at radius 2 is 1.42 bits per heavy atom. The summed E-state index contributed by atoms with van der Waals surface area (Å²) in [5.74, 6) is -8.88. The Bertz CT molecular complexity index is 672. The number of phenols is 1. The van der Waals surface area contributed by atoms with Gasteiger partial charge < -0.3 is 10.8 Å². The maximum atomic E-state index is 13.5. The lowest BCUT2D eigenvalue weighted by Gasteiger charge is -2.09. The fourth-order valence-electron chi connectivity index (χ4n) is 1.58. The zero-order valence-electron chi connectivity index (χ0n) is 9.15. The zero-order chi connectivity index (χ0) is 14.3. The van der Waals surface area contributed by atoms with Crippen LogP contribution in [0.5, 0.6) is 5.75 Å². The highest BCUT2D eigenvalue weighted by atomic mass is 19.2. The molecule has 0 aliphatic carbocycles. The molecule has 0 amide bonds. The van der Waals surface area contributed by atoms with Gasteiger partial charge in [0.15, 0.2) is 17.5 Å². The van der Waals surface area contributed by atoms with Gasteiger partial charge in [-0.05, 0) is 6.07 Å². The summed E-state index contributed by atoms with van der Waals surface area (Å²) in [6.45, 7) is 0. The predicted molar refractivity (Wildman–Crippen MR) is 57.7 cm³/mol. The number of nitrogens with two attached hydrogens (primary N) is 1. The fraction of sp³-hybridized carbons (Fsp3) is 0. The largest absolute Gasteiger partial charge is 0.506 e. The van der Waals surface area contributed by atoms with Crippen LogP contribution in [-0.4, -0.2) is 5.11 Å². The van der Waals surface area contributed by atoms with Crippen LogP contribution in [0.2, 0.25) is 0 Å². The van der Waals surface area contributed by atoms with Crippen molar-refractivity contribution in [2.45, 2.75) is 0 Å². The number of rotatable bonds is 1. The molecule has 0 fully saturated rings. The molecule has 0 unspecified atom stereocenters. The molecule has 3 N–H and O–H groups in total. The van der Waals surface area contributed by atoms with E-state index >= 15 is 0 Å². The van der Waals surface area contributed by atoms with Crippen LogP contribution in [0.3, 0.4) is 0 Å². The first kappa shape index (κ1) is 13.1. The molecule has 2 aromatic carbocycles. The van der Waals surface area contributed by atoms with E-state index in [-0.39, 0.29) is 11.8 Å². The van der Waals surface area contributed by atoms with Crippen LogP contribution in [0.1, 0.15) is 0 Å². The molecule has 7 heteroatoms. The molecule has 2 aromatic rings. The number of benzene rings is 2. The summed E-state index contributed by atoms with van der Waals surface area (Å²) in [6.07, 6.45) is 0. The molecule has 0 bridgehead atoms. The molecule has 0 radical (unpaired) electrons. The van der Waals surface area contributed by atoms with Crippen molar-refractivity contribution in [3.05, 3.63) is 47.3 Å². The fourth-order valence-corrected chi connectivity index (χ4v) is 1.58. The topological polar surface area (TPSA) is 46.2 Å². The van der Waals surface area contributed by atoms with Crippen molar-refractivity contribution in [2.24, 2.45) is 0 Å². The van der Waals surface area contributed by atoms with Crippen molar-refractivity contribution in [3.63, 3.8) is 0 Å². The van der Waals surface area contributed by atoms with Crippen LogP contribution in [0.15, 0.2) is 18.2 Å². The van der Waals surface area contributed by atoms with E-state index in [4.69, 9.17) is 10.8 Å². The highest BCUT2D eigenvalue weighted by Gasteiger charge is 2.23. The van der Waals surface area contributed by atoms with Crippen LogP contribution < -0.4 is 5.73 Å². The number of hydrogen-bond donors (Lipinski definition) is 2. The van der Waals surface area contributed by atoms with E-state index in [0.717, 1.165) is 6.07 Å². The third kappa shape index (κ3) is 2.07. The molecule has 0 saturated heterocycles. The number of halogens is 5. The number of phenolic OH excluding ortho intramolecular Hbond substituents is 1. The van der Waals surface area contributed by atoms with E-state index in [1.807, 2.05) is 0 Å². The van der Waals surface area contributed by atoms with Gasteiger partial charge in [0.2, 0.25) is 0 Å². The Balaban J connectivity index is 2.80. The summed E-state index contributed by atoms with van der Waals surface area (Å²) in [5, 5.41) is 9.12. The van der Waals surface area contributed by atoms with E-state index in [2.05, 4.69) is 0 Å². The summed E-state index contributed by atoms with van der Waals surface area (Å²) >= 11 is 0. The zero-order valence-corrected chi connectivity index (χ0v) is 9.15. The molecule has 0 saturated carbocycles. The van der Waals surface area contributed by atoms with Gasteiger partial charge in [-0.2, -0.15) is 0 Å². The SMILES string of the molecule is Nc1cc(-c2c(F)cc(F)c(F)c2F)c(F)cc1O. The first-order chi connectivity index (χ1) is 8.82. The van der Waals surface area contributed by atoms with Crippen LogP contribution in [0.4, 0.5) is 27.6 Å². The minimum Gasteiger partial charge on any atom is -0.506 e. The molecule has 0 heterocycles. The molecule has 0 aliphatic rings. The maximum Gasteiger partial charge on any atom is 0.195 e. The summed E-state index contributed by atoms with van der Waals surface area (Å²) in [7, 11) is 0. The number of nitrogen functional groups attached to an aromatic ring is 1. The van der Waals surface area contributed by atoms with Gasteiger partial charge in [0.05, 0.1) is 11.3 Å². The molecule has 2 rings (SSSR count). The summed E-state index contributed by atoms with van der Waals surface area (Å²) in [6, 6.07) is 1.34. The van der Waals surface area contributed by atoms with Gasteiger partial charge in [-0.1, -0.05) is 0 Å². The van der Waals surface area contributed by atoms with Gasteiger partial charge in [0.1, 0.15) is 17.4 Å². The van der Waals surface area contributed by atoms with E-state index < -0.39 is 46.0 Å². The average Bonchev–Trinajstić information content (AvgIpc) is 2.33. The predicted octanol–water partition coefficient (Wildman–Crippen LogP) is 3.34. The van der Waals surface area contributed by atoms with E-state index in [1.165, 1.54) is 0 Å². The smallest absolute Gasteiger partial charge is 0.195 e. The molecule has 2 nitrogen and oxygen atoms in total. The number of hydrogen-bond acceptors (Lipinski definition) is 2. The molecule has 100 valence electrons. The monoisotopic (exact) mass is 275 g/mol. The second kappa shape index (κ2) is 4.42. The maximum absolute atomic E-state index is 13.5. The van der Waals surface area contributed by atoms with Crippen molar-refractivity contribution in [1.29, 1.82) is 0 Å². The second-order valence-corrected chi connectivity index (χ2v) is 3.73. The molecule has 0 aliphatic heterocycles. The molecule has 0 spiro atoms. The lowest BCUT2D eigenvalue weighted by atomic mass is 10.0. The second-order valence-electron chi connectivity index (χ2n) is 3.73. The quantitative estimate of drug-likeness (QED) is 0.276. The average molecular weight is 275 g/mol. The Morgan fingerprint density at radius 3 is 2.05 bits per heavy atom. The van der Waals surface area contributed by atoms with Crippen molar-refractivity contribution in [3.8, 4) is 16.9 Å². The van der Waals surface area contributed by atoms with Gasteiger partial charge in [0.25, 0.3) is 0 Å². The Hall–Kier alpha value is -2.31. The minimum atomic E-state index is -1.93. The first-order valence-electron chi connectivity index (χ1n) is 4.94. The van der Waals surface area contributed by atoms with Gasteiger partial charge in [-0.15, -0.1) is 0 Å². The van der Waals surface area contributed by atoms with Gasteiger partial charge in [-0.25, -0.2) is 22.0 Å². The molecular formula is C12H6F5NO. The third-order valence-electron chi connectivity index (χ3n) is 2.50. The Morgan fingerprint density at radius 1 is 0.789 bits per heavy atom. The van der Waals surface area contributed by atoms with Crippen molar-refractivity contribution in [2.75, 3.05) is 5.73 Å². The summed E-state index contributed by atoms with van der Waals surface area (Å²) in [4.78, 5) is 0. The van der Waals surface area contributed by atoms with Gasteiger partial charge >= 0.3 is 0 Å². The Labute approximate surface area is 103 Å². The van der Waals surface area contributed by atoms with Crippen molar-refractivity contribution < 1.29 is 27.1 Å². The van der Waals surface area contributed by atoms with Crippen molar-refractivity contribution in [1.82, 2.24) is 0 Å². The van der Waals surface area contributed by atoms with E-state index in [9.17, 15) is 22.0 Å². The van der Waals surface area contributed by atoms with Crippen LogP contribution >= 0.6 is 0 Å². The number of aromatic hydroxyl groups is 1. The van der Waals surface area contributed by atoms with Gasteiger partial charge in [0, 0.05) is 17.7 Å². The molecule has 0 aromatic heterocycles. The summed E-state index contributed by atoms with van der Waals surface area (Å²) < 4.78 is 66.3. The van der Waals surface area contributed by atoms with Crippen LogP contribution in [-0.2, 0) is 0 Å². The van der Waals surface area contributed by atoms with E-state index in [1.54, 1.807) is 0 Å². The number of anilines is 1. The van der Waals surface area contributed by atoms with Crippen LogP contribution in [0, 0.1) is 29.1 Å². The first-order valence-corrected chi connectivity index (χ1v) is 4.94. The summed E-state index contributed by atoms with van der Waals surface area (Å²) in [5.41, 5.74) is 3.09.